The standard InChI is InChI=1S/C11H20O/c1-12-11-7-6-9-4-2-3-5-10(9)8-11/h9-11H,2-8H2,1H3/p+1. The van der Waals surface area contributed by atoms with Crippen LogP contribution in [-0.2, 0) is 0 Å². The largest absolute Gasteiger partial charge is 0.434 e. The summed E-state index contributed by atoms with van der Waals surface area (Å²) < 4.78 is 4.44. The van der Waals surface area contributed by atoms with E-state index in [9.17, 15) is 0 Å². The van der Waals surface area contributed by atoms with Crippen molar-refractivity contribution in [2.45, 2.75) is 51.0 Å². The molecule has 0 aliphatic heterocycles. The third-order valence-corrected chi connectivity index (χ3v) is 3.88. The molecule has 2 fully saturated rings. The monoisotopic (exact) mass is 169 g/mol. The van der Waals surface area contributed by atoms with E-state index in [2.05, 4.69) is 4.74 Å². The molecule has 0 amide bonds. The number of fused-ring (bicyclic) bond motifs is 1. The van der Waals surface area contributed by atoms with Gasteiger partial charge in [-0.05, 0) is 24.7 Å². The molecule has 2 rings (SSSR count). The van der Waals surface area contributed by atoms with Crippen molar-refractivity contribution in [3.8, 4) is 0 Å². The number of ether oxygens (including phenoxy) is 1. The highest BCUT2D eigenvalue weighted by atomic mass is 16.5. The van der Waals surface area contributed by atoms with Gasteiger partial charge in [-0.2, -0.15) is 0 Å². The van der Waals surface area contributed by atoms with Gasteiger partial charge in [0.25, 0.3) is 0 Å². The van der Waals surface area contributed by atoms with Gasteiger partial charge in [0, 0.05) is 12.8 Å². The van der Waals surface area contributed by atoms with Crippen LogP contribution in [0.5, 0.6) is 0 Å². The summed E-state index contributed by atoms with van der Waals surface area (Å²) in [6, 6.07) is 0. The number of hydrogen-bond acceptors (Lipinski definition) is 0. The van der Waals surface area contributed by atoms with Gasteiger partial charge < -0.3 is 4.74 Å². The Morgan fingerprint density at radius 1 is 0.917 bits per heavy atom. The highest BCUT2D eigenvalue weighted by Gasteiger charge is 2.33. The lowest BCUT2D eigenvalue weighted by Gasteiger charge is -2.37. The molecule has 1 N–H and O–H groups in total. The second-order valence-electron chi connectivity index (χ2n) is 4.53. The fraction of sp³-hybridized carbons (Fsp3) is 1.00. The summed E-state index contributed by atoms with van der Waals surface area (Å²) in [5, 5.41) is 0. The Hall–Kier alpha value is -0.0400. The van der Waals surface area contributed by atoms with Crippen LogP contribution in [0.2, 0.25) is 0 Å². The molecule has 1 nitrogen and oxygen atoms in total. The lowest BCUT2D eigenvalue weighted by atomic mass is 9.70. The summed E-state index contributed by atoms with van der Waals surface area (Å²) in [6.07, 6.45) is 10.9. The lowest BCUT2D eigenvalue weighted by Crippen LogP contribution is -2.32. The molecule has 70 valence electrons. The normalized spacial score (nSPS) is 42.2. The fourth-order valence-electron chi connectivity index (χ4n) is 3.08. The van der Waals surface area contributed by atoms with Gasteiger partial charge in [0.15, 0.2) is 6.10 Å². The molecule has 0 aromatic heterocycles. The van der Waals surface area contributed by atoms with Gasteiger partial charge in [-0.15, -0.1) is 0 Å². The van der Waals surface area contributed by atoms with Crippen molar-refractivity contribution >= 4 is 0 Å². The zero-order valence-corrected chi connectivity index (χ0v) is 8.13. The number of aliphatic hydroxyl groups is 2. The Labute approximate surface area is 75.5 Å². The Kier molecular flexibility index (Phi) is 2.69. The van der Waals surface area contributed by atoms with Crippen molar-refractivity contribution < 1.29 is 4.74 Å². The first-order valence-corrected chi connectivity index (χ1v) is 5.49. The second kappa shape index (κ2) is 3.78. The van der Waals surface area contributed by atoms with Crippen LogP contribution in [0.1, 0.15) is 44.9 Å². The molecule has 2 saturated carbocycles. The van der Waals surface area contributed by atoms with Crippen molar-refractivity contribution in [1.82, 2.24) is 0 Å². The van der Waals surface area contributed by atoms with E-state index in [0.29, 0.717) is 6.10 Å². The lowest BCUT2D eigenvalue weighted by molar-refractivity contribution is -0.101. The summed E-state index contributed by atoms with van der Waals surface area (Å²) in [4.78, 5) is 0. The molecule has 2 aliphatic carbocycles. The van der Waals surface area contributed by atoms with E-state index in [4.69, 9.17) is 0 Å². The molecule has 1 heteroatoms. The molecule has 0 bridgehead atoms. The van der Waals surface area contributed by atoms with Crippen molar-refractivity contribution in [3.63, 3.8) is 0 Å². The first kappa shape index (κ1) is 8.55. The second-order valence-corrected chi connectivity index (χ2v) is 4.53. The SMILES string of the molecule is C[OH+]C1CCC2CCCCC2C1. The number of rotatable bonds is 1. The molecule has 0 spiro atoms. The third kappa shape index (κ3) is 1.66. The van der Waals surface area contributed by atoms with E-state index in [1.165, 1.54) is 44.9 Å². The highest BCUT2D eigenvalue weighted by molar-refractivity contribution is 4.83. The van der Waals surface area contributed by atoms with Crippen molar-refractivity contribution in [3.05, 3.63) is 0 Å². The van der Waals surface area contributed by atoms with Gasteiger partial charge in [0.1, 0.15) is 7.11 Å². The first-order chi connectivity index (χ1) is 5.90. The molecular formula is C11H21O+. The van der Waals surface area contributed by atoms with E-state index >= 15 is 0 Å². The van der Waals surface area contributed by atoms with Gasteiger partial charge in [-0.1, -0.05) is 19.3 Å². The average molecular weight is 169 g/mol. The van der Waals surface area contributed by atoms with E-state index in [1.807, 2.05) is 7.11 Å². The smallest absolute Gasteiger partial charge is 0.154 e. The topological polar surface area (TPSA) is 12.8 Å². The van der Waals surface area contributed by atoms with E-state index < -0.39 is 0 Å². The maximum Gasteiger partial charge on any atom is 0.154 e. The van der Waals surface area contributed by atoms with Crippen molar-refractivity contribution in [2.24, 2.45) is 11.8 Å². The summed E-state index contributed by atoms with van der Waals surface area (Å²) in [7, 11) is 1.99. The molecule has 3 atom stereocenters. The van der Waals surface area contributed by atoms with Gasteiger partial charge in [0.05, 0.1) is 0 Å². The Morgan fingerprint density at radius 3 is 2.42 bits per heavy atom. The molecule has 3 unspecified atom stereocenters. The predicted molar refractivity (Wildman–Crippen MR) is 51.2 cm³/mol. The molecule has 0 aromatic carbocycles. The Balaban J connectivity index is 1.90. The van der Waals surface area contributed by atoms with Gasteiger partial charge in [0.2, 0.25) is 0 Å². The van der Waals surface area contributed by atoms with E-state index in [0.717, 1.165) is 11.8 Å². The molecular weight excluding hydrogens is 148 g/mol. The van der Waals surface area contributed by atoms with E-state index in [-0.39, 0.29) is 0 Å². The summed E-state index contributed by atoms with van der Waals surface area (Å²) in [6.45, 7) is 0. The number of hydrogen-bond donors (Lipinski definition) is 0. The molecule has 0 radical (unpaired) electrons. The third-order valence-electron chi connectivity index (χ3n) is 3.88. The zero-order valence-electron chi connectivity index (χ0n) is 8.13. The van der Waals surface area contributed by atoms with Crippen LogP contribution >= 0.6 is 0 Å². The first-order valence-electron chi connectivity index (χ1n) is 5.49. The summed E-state index contributed by atoms with van der Waals surface area (Å²) in [5.41, 5.74) is 0. The van der Waals surface area contributed by atoms with Gasteiger partial charge in [-0.25, -0.2) is 0 Å². The molecule has 12 heavy (non-hydrogen) atoms. The van der Waals surface area contributed by atoms with E-state index in [1.54, 1.807) is 0 Å². The minimum Gasteiger partial charge on any atom is -0.434 e. The minimum atomic E-state index is 0.712. The van der Waals surface area contributed by atoms with Crippen LogP contribution in [0.4, 0.5) is 0 Å². The maximum absolute atomic E-state index is 4.44. The fourth-order valence-corrected chi connectivity index (χ4v) is 3.08. The van der Waals surface area contributed by atoms with Crippen LogP contribution in [0, 0.1) is 11.8 Å². The average Bonchev–Trinajstić information content (AvgIpc) is 2.17. The zero-order chi connectivity index (χ0) is 8.39. The predicted octanol–water partition coefficient (Wildman–Crippen LogP) is 2.50. The van der Waals surface area contributed by atoms with Crippen molar-refractivity contribution in [2.75, 3.05) is 7.11 Å². The Morgan fingerprint density at radius 2 is 1.67 bits per heavy atom. The van der Waals surface area contributed by atoms with Gasteiger partial charge >= 0.3 is 0 Å². The highest BCUT2D eigenvalue weighted by Crippen LogP contribution is 2.40. The summed E-state index contributed by atoms with van der Waals surface area (Å²) >= 11 is 0. The molecule has 0 heterocycles. The molecule has 0 saturated heterocycles. The van der Waals surface area contributed by atoms with Crippen LogP contribution in [-0.4, -0.2) is 18.0 Å². The van der Waals surface area contributed by atoms with Crippen LogP contribution in [0.15, 0.2) is 0 Å². The Bertz CT molecular complexity index is 144. The quantitative estimate of drug-likeness (QED) is 0.535. The van der Waals surface area contributed by atoms with Crippen LogP contribution in [0.3, 0.4) is 0 Å². The maximum atomic E-state index is 4.44. The summed E-state index contributed by atoms with van der Waals surface area (Å²) in [5.74, 6) is 2.12. The minimum absolute atomic E-state index is 0.712. The van der Waals surface area contributed by atoms with Crippen molar-refractivity contribution in [1.29, 1.82) is 0 Å². The van der Waals surface area contributed by atoms with Gasteiger partial charge in [-0.3, -0.25) is 0 Å². The molecule has 2 aliphatic rings. The molecule has 0 aromatic rings. The van der Waals surface area contributed by atoms with Crippen LogP contribution < -0.4 is 0 Å². The van der Waals surface area contributed by atoms with Crippen LogP contribution in [0.25, 0.3) is 0 Å².